The van der Waals surface area contributed by atoms with Gasteiger partial charge in [0.25, 0.3) is 5.97 Å². The maximum atomic E-state index is 9.00. The first kappa shape index (κ1) is 16.8. The lowest BCUT2D eigenvalue weighted by Gasteiger charge is -1.86. The summed E-state index contributed by atoms with van der Waals surface area (Å²) < 4.78 is 0. The van der Waals surface area contributed by atoms with Crippen molar-refractivity contribution in [2.75, 3.05) is 0 Å². The third-order valence-corrected chi connectivity index (χ3v) is 0.741. The smallest absolute Gasteiger partial charge is 0.300 e. The Labute approximate surface area is 97.8 Å². The molecule has 0 bridgehead atoms. The van der Waals surface area contributed by atoms with Crippen LogP contribution >= 0.6 is 0 Å². The molecule has 0 fully saturated rings. The van der Waals surface area contributed by atoms with Crippen LogP contribution in [-0.4, -0.2) is 34.9 Å². The van der Waals surface area contributed by atoms with Crippen LogP contribution in [0.15, 0.2) is 20.4 Å². The zero-order valence-corrected chi connectivity index (χ0v) is 9.53. The summed E-state index contributed by atoms with van der Waals surface area (Å²) in [5, 5.41) is 21.2. The zero-order valence-electron chi connectivity index (χ0n) is 9.53. The van der Waals surface area contributed by atoms with Gasteiger partial charge in [0, 0.05) is 6.92 Å². The summed E-state index contributed by atoms with van der Waals surface area (Å²) in [7, 11) is 0. The second-order valence-corrected chi connectivity index (χ2v) is 2.55. The number of hydrogen-bond acceptors (Lipinski definition) is 5. The van der Waals surface area contributed by atoms with Crippen molar-refractivity contribution in [1.82, 2.24) is 0 Å². The second-order valence-electron chi connectivity index (χ2n) is 2.55. The number of rotatable bonds is 3. The maximum Gasteiger partial charge on any atom is 0.300 e. The molecular formula is C7H16N8O2. The molecule has 0 aromatic rings. The van der Waals surface area contributed by atoms with Gasteiger partial charge in [-0.3, -0.25) is 4.79 Å². The number of carboxylic acid groups (broad SMARTS) is 1. The second kappa shape index (κ2) is 9.89. The highest BCUT2D eigenvalue weighted by Crippen LogP contribution is 1.76. The molecule has 0 atom stereocenters. The normalized spacial score (nSPS) is 10.1. The van der Waals surface area contributed by atoms with E-state index in [9.17, 15) is 0 Å². The molecular weight excluding hydrogens is 228 g/mol. The molecule has 9 N–H and O–H groups in total. The Morgan fingerprint density at radius 2 is 1.41 bits per heavy atom. The quantitative estimate of drug-likeness (QED) is 0.216. The Morgan fingerprint density at radius 3 is 1.76 bits per heavy atom. The third-order valence-electron chi connectivity index (χ3n) is 0.741. The minimum Gasteiger partial charge on any atom is -0.481 e. The number of hydrogen-bond donors (Lipinski definition) is 5. The first-order chi connectivity index (χ1) is 7.75. The van der Waals surface area contributed by atoms with Crippen LogP contribution in [0.2, 0.25) is 0 Å². The van der Waals surface area contributed by atoms with E-state index < -0.39 is 5.97 Å². The highest BCUT2D eigenvalue weighted by Gasteiger charge is 1.83. The SMILES string of the molecule is CC(/C=N/N=C(N)N)=N/N=C(N)N.CC(=O)O. The van der Waals surface area contributed by atoms with E-state index in [0.717, 1.165) is 6.92 Å². The minimum atomic E-state index is -0.833. The van der Waals surface area contributed by atoms with E-state index in [0.29, 0.717) is 5.71 Å². The van der Waals surface area contributed by atoms with Gasteiger partial charge < -0.3 is 28.0 Å². The molecule has 0 heterocycles. The molecule has 0 radical (unpaired) electrons. The van der Waals surface area contributed by atoms with Crippen molar-refractivity contribution in [2.45, 2.75) is 13.8 Å². The van der Waals surface area contributed by atoms with Crippen molar-refractivity contribution in [1.29, 1.82) is 0 Å². The molecule has 0 unspecified atom stereocenters. The van der Waals surface area contributed by atoms with Gasteiger partial charge in [0.15, 0.2) is 0 Å². The van der Waals surface area contributed by atoms with Crippen molar-refractivity contribution < 1.29 is 9.90 Å². The van der Waals surface area contributed by atoms with Crippen LogP contribution in [0, 0.1) is 0 Å². The summed E-state index contributed by atoms with van der Waals surface area (Å²) in [6, 6.07) is 0. The van der Waals surface area contributed by atoms with Crippen LogP contribution in [0.4, 0.5) is 0 Å². The number of guanidine groups is 2. The van der Waals surface area contributed by atoms with E-state index in [2.05, 4.69) is 20.4 Å². The van der Waals surface area contributed by atoms with E-state index >= 15 is 0 Å². The molecule has 0 aliphatic carbocycles. The number of carboxylic acids is 1. The van der Waals surface area contributed by atoms with Gasteiger partial charge in [-0.05, 0) is 6.92 Å². The Balaban J connectivity index is 0. The Hall–Kier alpha value is -2.65. The summed E-state index contributed by atoms with van der Waals surface area (Å²) in [4.78, 5) is 9.00. The van der Waals surface area contributed by atoms with Crippen LogP contribution in [0.25, 0.3) is 0 Å². The summed E-state index contributed by atoms with van der Waals surface area (Å²) in [5.74, 6) is -1.10. The molecule has 0 aliphatic heterocycles. The summed E-state index contributed by atoms with van der Waals surface area (Å²) in [5.41, 5.74) is 20.5. The van der Waals surface area contributed by atoms with E-state index in [1.807, 2.05) is 0 Å². The predicted molar refractivity (Wildman–Crippen MR) is 66.5 cm³/mol. The van der Waals surface area contributed by atoms with Gasteiger partial charge in [0.1, 0.15) is 0 Å². The van der Waals surface area contributed by atoms with E-state index in [-0.39, 0.29) is 11.9 Å². The molecule has 10 nitrogen and oxygen atoms in total. The van der Waals surface area contributed by atoms with Crippen molar-refractivity contribution in [3.8, 4) is 0 Å². The van der Waals surface area contributed by atoms with Crippen molar-refractivity contribution in [3.05, 3.63) is 0 Å². The van der Waals surface area contributed by atoms with E-state index in [1.165, 1.54) is 6.21 Å². The Bertz CT molecular complexity index is 345. The molecule has 0 spiro atoms. The van der Waals surface area contributed by atoms with Gasteiger partial charge in [0.2, 0.25) is 11.9 Å². The van der Waals surface area contributed by atoms with Crippen LogP contribution in [0.3, 0.4) is 0 Å². The number of carbonyl (C=O) groups is 1. The third kappa shape index (κ3) is 24.7. The maximum absolute atomic E-state index is 9.00. The van der Waals surface area contributed by atoms with Crippen molar-refractivity contribution in [2.24, 2.45) is 43.3 Å². The van der Waals surface area contributed by atoms with Gasteiger partial charge in [-0.2, -0.15) is 10.2 Å². The van der Waals surface area contributed by atoms with Gasteiger partial charge in [-0.15, -0.1) is 10.2 Å². The predicted octanol–water partition coefficient (Wildman–Crippen LogP) is -2.01. The van der Waals surface area contributed by atoms with Gasteiger partial charge in [-0.1, -0.05) is 0 Å². The largest absolute Gasteiger partial charge is 0.481 e. The average Bonchev–Trinajstić information content (AvgIpc) is 2.13. The molecule has 0 aromatic heterocycles. The number of nitrogens with zero attached hydrogens (tertiary/aromatic N) is 4. The first-order valence-electron chi connectivity index (χ1n) is 4.20. The lowest BCUT2D eigenvalue weighted by atomic mass is 10.5. The fraction of sp³-hybridized carbons (Fsp3) is 0.286. The van der Waals surface area contributed by atoms with Crippen molar-refractivity contribution >= 4 is 29.8 Å². The molecule has 17 heavy (non-hydrogen) atoms. The van der Waals surface area contributed by atoms with Gasteiger partial charge >= 0.3 is 0 Å². The fourth-order valence-electron chi connectivity index (χ4n) is 0.342. The van der Waals surface area contributed by atoms with E-state index in [1.54, 1.807) is 6.92 Å². The van der Waals surface area contributed by atoms with Crippen molar-refractivity contribution in [3.63, 3.8) is 0 Å². The molecule has 0 saturated carbocycles. The van der Waals surface area contributed by atoms with Crippen LogP contribution < -0.4 is 22.9 Å². The highest BCUT2D eigenvalue weighted by molar-refractivity contribution is 6.29. The standard InChI is InChI=1S/C5H12N8.C2H4O2/c1-3(11-13-5(8)9)2-10-12-4(6)7;1-2(3)4/h2H,1H3,(H4,6,7,12)(H4,8,9,13);1H3,(H,3,4)/b10-2+,11-3-;. The van der Waals surface area contributed by atoms with Crippen LogP contribution in [0.5, 0.6) is 0 Å². The number of nitrogens with two attached hydrogens (primary N) is 4. The molecule has 0 saturated heterocycles. The molecule has 0 rings (SSSR count). The van der Waals surface area contributed by atoms with Crippen LogP contribution in [0.1, 0.15) is 13.8 Å². The summed E-state index contributed by atoms with van der Waals surface area (Å²) in [6.45, 7) is 2.72. The highest BCUT2D eigenvalue weighted by atomic mass is 16.4. The molecule has 0 aliphatic rings. The first-order valence-corrected chi connectivity index (χ1v) is 4.20. The summed E-state index contributed by atoms with van der Waals surface area (Å²) >= 11 is 0. The topological polar surface area (TPSA) is 191 Å². The monoisotopic (exact) mass is 244 g/mol. The zero-order chi connectivity index (χ0) is 13.8. The van der Waals surface area contributed by atoms with Gasteiger partial charge in [0.05, 0.1) is 11.9 Å². The lowest BCUT2D eigenvalue weighted by Crippen LogP contribution is -2.22. The summed E-state index contributed by atoms with van der Waals surface area (Å²) in [6.07, 6.45) is 1.31. The Morgan fingerprint density at radius 1 is 1.00 bits per heavy atom. The molecule has 0 amide bonds. The Kier molecular flexibility index (Phi) is 9.75. The fourth-order valence-corrected chi connectivity index (χ4v) is 0.342. The number of aliphatic carboxylic acids is 1. The van der Waals surface area contributed by atoms with Crippen LogP contribution in [-0.2, 0) is 4.79 Å². The van der Waals surface area contributed by atoms with Gasteiger partial charge in [-0.25, -0.2) is 0 Å². The minimum absolute atomic E-state index is 0.130. The molecule has 10 heteroatoms. The molecule has 96 valence electrons. The average molecular weight is 244 g/mol. The van der Waals surface area contributed by atoms with E-state index in [4.69, 9.17) is 32.8 Å². The lowest BCUT2D eigenvalue weighted by molar-refractivity contribution is -0.134. The molecule has 0 aromatic carbocycles.